The number of sulfonamides is 1. The molecule has 0 saturated carbocycles. The Balaban J connectivity index is 1.32. The Morgan fingerprint density at radius 3 is 2.27 bits per heavy atom. The van der Waals surface area contributed by atoms with Crippen LogP contribution in [0.2, 0.25) is 0 Å². The number of nitrogens with one attached hydrogen (secondary N) is 1. The number of amides is 1. The number of halogens is 1. The Labute approximate surface area is 191 Å². The first kappa shape index (κ1) is 22.9. The minimum atomic E-state index is -3.71. The van der Waals surface area contributed by atoms with Crippen LogP contribution in [0.15, 0.2) is 82.6 Å². The molecule has 4 rings (SSSR count). The minimum absolute atomic E-state index is 0.0460. The highest BCUT2D eigenvalue weighted by molar-refractivity contribution is 7.89. The molecule has 172 valence electrons. The van der Waals surface area contributed by atoms with Crippen LogP contribution in [0.3, 0.4) is 0 Å². The third-order valence-electron chi connectivity index (χ3n) is 5.75. The summed E-state index contributed by atoms with van der Waals surface area (Å²) in [5, 5.41) is 2.89. The second-order valence-corrected chi connectivity index (χ2v) is 9.92. The Hall–Kier alpha value is -3.30. The molecule has 0 atom stereocenters. The number of anilines is 1. The topological polar surface area (TPSA) is 88.5 Å². The number of carbonyl (C=O) groups is 1. The van der Waals surface area contributed by atoms with E-state index in [4.69, 9.17) is 0 Å². The molecule has 0 radical (unpaired) electrons. The van der Waals surface area contributed by atoms with Gasteiger partial charge in [0.1, 0.15) is 5.82 Å². The van der Waals surface area contributed by atoms with Crippen molar-refractivity contribution >= 4 is 21.6 Å². The van der Waals surface area contributed by atoms with Crippen LogP contribution in [-0.4, -0.2) is 36.3 Å². The average molecular weight is 470 g/mol. The zero-order valence-corrected chi connectivity index (χ0v) is 18.7. The minimum Gasteiger partial charge on any atom is -0.326 e. The van der Waals surface area contributed by atoms with Gasteiger partial charge in [-0.05, 0) is 60.9 Å². The van der Waals surface area contributed by atoms with E-state index >= 15 is 0 Å². The highest BCUT2D eigenvalue weighted by atomic mass is 32.2. The predicted molar refractivity (Wildman–Crippen MR) is 123 cm³/mol. The fraction of sp³-hybridized carbons (Fsp3) is 0.250. The lowest BCUT2D eigenvalue weighted by atomic mass is 9.97. The lowest BCUT2D eigenvalue weighted by Crippen LogP contribution is -2.41. The van der Waals surface area contributed by atoms with Crippen molar-refractivity contribution in [3.8, 4) is 0 Å². The summed E-state index contributed by atoms with van der Waals surface area (Å²) in [4.78, 5) is 24.6. The van der Waals surface area contributed by atoms with Gasteiger partial charge in [-0.15, -0.1) is 0 Å². The summed E-state index contributed by atoms with van der Waals surface area (Å²) in [6.07, 6.45) is 2.53. The van der Waals surface area contributed by atoms with Crippen LogP contribution in [0.5, 0.6) is 0 Å². The van der Waals surface area contributed by atoms with Gasteiger partial charge in [0.05, 0.1) is 11.4 Å². The Bertz CT molecular complexity index is 1280. The van der Waals surface area contributed by atoms with Gasteiger partial charge >= 0.3 is 0 Å². The smallest absolute Gasteiger partial charge is 0.250 e. The van der Waals surface area contributed by atoms with Crippen molar-refractivity contribution in [2.24, 2.45) is 5.92 Å². The van der Waals surface area contributed by atoms with Crippen molar-refractivity contribution in [2.45, 2.75) is 24.3 Å². The maximum atomic E-state index is 13.1. The molecule has 1 aliphatic heterocycles. The lowest BCUT2D eigenvalue weighted by molar-refractivity contribution is -0.120. The van der Waals surface area contributed by atoms with Crippen molar-refractivity contribution in [1.29, 1.82) is 0 Å². The number of carbonyl (C=O) groups excluding carboxylic acids is 1. The van der Waals surface area contributed by atoms with Crippen molar-refractivity contribution in [3.63, 3.8) is 0 Å². The van der Waals surface area contributed by atoms with E-state index in [0.29, 0.717) is 25.1 Å². The molecule has 1 aromatic heterocycles. The molecule has 0 unspecified atom stereocenters. The molecular weight excluding hydrogens is 445 g/mol. The molecule has 9 heteroatoms. The number of rotatable bonds is 6. The van der Waals surface area contributed by atoms with Gasteiger partial charge in [0.15, 0.2) is 0 Å². The van der Waals surface area contributed by atoms with Crippen molar-refractivity contribution in [3.05, 3.63) is 94.7 Å². The van der Waals surface area contributed by atoms with Crippen molar-refractivity contribution < 1.29 is 17.6 Å². The van der Waals surface area contributed by atoms with E-state index in [1.807, 2.05) is 12.1 Å². The highest BCUT2D eigenvalue weighted by Gasteiger charge is 2.32. The summed E-state index contributed by atoms with van der Waals surface area (Å²) < 4.78 is 41.5. The number of aromatic nitrogens is 1. The summed E-state index contributed by atoms with van der Waals surface area (Å²) in [5.74, 6) is -0.945. The van der Waals surface area contributed by atoms with Gasteiger partial charge in [0, 0.05) is 37.0 Å². The number of nitrogens with zero attached hydrogens (tertiary/aromatic N) is 2. The summed E-state index contributed by atoms with van der Waals surface area (Å²) in [6.45, 7) is 0.889. The highest BCUT2D eigenvalue weighted by Crippen LogP contribution is 2.25. The van der Waals surface area contributed by atoms with Crippen LogP contribution < -0.4 is 10.9 Å². The van der Waals surface area contributed by atoms with E-state index in [-0.39, 0.29) is 35.4 Å². The van der Waals surface area contributed by atoms with Crippen LogP contribution in [0.4, 0.5) is 10.1 Å². The predicted octanol–water partition coefficient (Wildman–Crippen LogP) is 3.08. The number of hydrogen-bond acceptors (Lipinski definition) is 4. The van der Waals surface area contributed by atoms with Crippen molar-refractivity contribution in [1.82, 2.24) is 8.87 Å². The summed E-state index contributed by atoms with van der Waals surface area (Å²) in [5.41, 5.74) is 1.49. The van der Waals surface area contributed by atoms with Gasteiger partial charge in [-0.25, -0.2) is 12.8 Å². The quantitative estimate of drug-likeness (QED) is 0.601. The van der Waals surface area contributed by atoms with Gasteiger partial charge < -0.3 is 9.88 Å². The average Bonchev–Trinajstić information content (AvgIpc) is 2.82. The summed E-state index contributed by atoms with van der Waals surface area (Å²) in [6, 6.07) is 17.0. The first-order chi connectivity index (χ1) is 15.8. The summed E-state index contributed by atoms with van der Waals surface area (Å²) >= 11 is 0. The molecule has 0 spiro atoms. The van der Waals surface area contributed by atoms with E-state index in [1.165, 1.54) is 22.5 Å². The Kier molecular flexibility index (Phi) is 6.71. The van der Waals surface area contributed by atoms with Gasteiger partial charge in [-0.1, -0.05) is 18.2 Å². The molecule has 1 aliphatic rings. The summed E-state index contributed by atoms with van der Waals surface area (Å²) in [7, 11) is -3.71. The van der Waals surface area contributed by atoms with Crippen LogP contribution in [0.25, 0.3) is 0 Å². The molecule has 2 heterocycles. The normalized spacial score (nSPS) is 15.3. The van der Waals surface area contributed by atoms with Crippen molar-refractivity contribution in [2.75, 3.05) is 18.4 Å². The molecule has 0 bridgehead atoms. The van der Waals surface area contributed by atoms with E-state index in [9.17, 15) is 22.4 Å². The fourth-order valence-electron chi connectivity index (χ4n) is 3.84. The largest absolute Gasteiger partial charge is 0.326 e. The number of pyridine rings is 1. The van der Waals surface area contributed by atoms with Gasteiger partial charge in [-0.3, -0.25) is 9.59 Å². The number of hydrogen-bond donors (Lipinski definition) is 1. The van der Waals surface area contributed by atoms with E-state index < -0.39 is 15.8 Å². The second-order valence-electron chi connectivity index (χ2n) is 7.99. The Morgan fingerprint density at radius 1 is 0.970 bits per heavy atom. The number of piperidine rings is 1. The molecule has 3 aromatic rings. The zero-order valence-electron chi connectivity index (χ0n) is 17.9. The van der Waals surface area contributed by atoms with Crippen LogP contribution >= 0.6 is 0 Å². The molecule has 1 N–H and O–H groups in total. The molecule has 33 heavy (non-hydrogen) atoms. The standard InChI is InChI=1S/C24H24FN3O4S/c25-20-6-10-22(11-7-20)33(31,32)28-15-12-19(13-16-28)24(30)26-21-8-4-18(5-9-21)17-27-14-2-1-3-23(27)29/h1-11,14,19H,12-13,15-17H2,(H,26,30). The Morgan fingerprint density at radius 2 is 1.64 bits per heavy atom. The second kappa shape index (κ2) is 9.68. The third-order valence-corrected chi connectivity index (χ3v) is 7.66. The maximum Gasteiger partial charge on any atom is 0.250 e. The molecule has 0 aliphatic carbocycles. The number of benzene rings is 2. The molecular formula is C24H24FN3O4S. The SMILES string of the molecule is O=C(Nc1ccc(Cn2ccccc2=O)cc1)C1CCN(S(=O)(=O)c2ccc(F)cc2)CC1. The molecule has 7 nitrogen and oxygen atoms in total. The monoisotopic (exact) mass is 469 g/mol. The molecule has 2 aromatic carbocycles. The third kappa shape index (κ3) is 5.37. The molecule has 1 fully saturated rings. The van der Waals surface area contributed by atoms with E-state index in [1.54, 1.807) is 35.0 Å². The zero-order chi connectivity index (χ0) is 23.4. The van der Waals surface area contributed by atoms with Gasteiger partial charge in [0.2, 0.25) is 15.9 Å². The first-order valence-corrected chi connectivity index (χ1v) is 12.1. The lowest BCUT2D eigenvalue weighted by Gasteiger charge is -2.30. The maximum absolute atomic E-state index is 13.1. The van der Waals surface area contributed by atoms with E-state index in [0.717, 1.165) is 17.7 Å². The van der Waals surface area contributed by atoms with Crippen LogP contribution in [0, 0.1) is 11.7 Å². The molecule has 1 saturated heterocycles. The van der Waals surface area contributed by atoms with Gasteiger partial charge in [0.25, 0.3) is 5.56 Å². The van der Waals surface area contributed by atoms with E-state index in [2.05, 4.69) is 5.32 Å². The van der Waals surface area contributed by atoms with Crippen LogP contribution in [-0.2, 0) is 21.4 Å². The fourth-order valence-corrected chi connectivity index (χ4v) is 5.31. The van der Waals surface area contributed by atoms with Gasteiger partial charge in [-0.2, -0.15) is 4.31 Å². The van der Waals surface area contributed by atoms with Crippen LogP contribution in [0.1, 0.15) is 18.4 Å². The first-order valence-electron chi connectivity index (χ1n) is 10.6. The molecule has 1 amide bonds.